The Morgan fingerprint density at radius 2 is 1.91 bits per heavy atom. The van der Waals surface area contributed by atoms with Gasteiger partial charge in [0.2, 0.25) is 0 Å². The number of hydrogen-bond acceptors (Lipinski definition) is 7. The summed E-state index contributed by atoms with van der Waals surface area (Å²) in [6.07, 6.45) is 0.823. The minimum atomic E-state index is -0.166. The molecule has 1 aromatic carbocycles. The molecule has 3 rings (SSSR count). The summed E-state index contributed by atoms with van der Waals surface area (Å²) >= 11 is 0. The van der Waals surface area contributed by atoms with Gasteiger partial charge in [-0.1, -0.05) is 23.4 Å². The fourth-order valence-corrected chi connectivity index (χ4v) is 4.06. The number of anilines is 1. The van der Waals surface area contributed by atoms with E-state index in [9.17, 15) is 9.59 Å². The highest BCUT2D eigenvalue weighted by molar-refractivity contribution is 5.96. The number of benzene rings is 1. The van der Waals surface area contributed by atoms with Crippen LogP contribution in [0.2, 0.25) is 0 Å². The van der Waals surface area contributed by atoms with Crippen LogP contribution in [0.1, 0.15) is 33.8 Å². The molecule has 9 heteroatoms. The molecule has 0 atom stereocenters. The van der Waals surface area contributed by atoms with Gasteiger partial charge in [0.1, 0.15) is 12.4 Å². The van der Waals surface area contributed by atoms with Crippen molar-refractivity contribution < 1.29 is 18.8 Å². The van der Waals surface area contributed by atoms with Gasteiger partial charge in [-0.2, -0.15) is 0 Å². The third-order valence-electron chi connectivity index (χ3n) is 5.83. The molecule has 0 radical (unpaired) electrons. The predicted molar refractivity (Wildman–Crippen MR) is 126 cm³/mol. The zero-order valence-corrected chi connectivity index (χ0v) is 20.3. The van der Waals surface area contributed by atoms with Crippen molar-refractivity contribution in [2.75, 3.05) is 65.9 Å². The summed E-state index contributed by atoms with van der Waals surface area (Å²) in [6.45, 7) is 5.45. The van der Waals surface area contributed by atoms with Crippen molar-refractivity contribution >= 4 is 17.5 Å². The second-order valence-electron chi connectivity index (χ2n) is 8.79. The second-order valence-corrected chi connectivity index (χ2v) is 8.79. The summed E-state index contributed by atoms with van der Waals surface area (Å²) in [5.74, 6) is 0.393. The smallest absolute Gasteiger partial charge is 0.276 e. The molecule has 2 amide bonds. The van der Waals surface area contributed by atoms with Gasteiger partial charge in [-0.3, -0.25) is 9.59 Å². The average Bonchev–Trinajstić information content (AvgIpc) is 3.12. The second kappa shape index (κ2) is 11.4. The molecule has 0 aliphatic carbocycles. The molecule has 0 N–H and O–H groups in total. The van der Waals surface area contributed by atoms with Crippen molar-refractivity contribution in [1.82, 2.24) is 19.9 Å². The average molecular weight is 458 g/mol. The number of aryl methyl sites for hydroxylation is 1. The molecule has 2 aromatic rings. The molecule has 180 valence electrons. The minimum Gasteiger partial charge on any atom is -0.375 e. The van der Waals surface area contributed by atoms with Crippen LogP contribution in [0.4, 0.5) is 5.69 Å². The van der Waals surface area contributed by atoms with Crippen molar-refractivity contribution in [3.63, 3.8) is 0 Å². The summed E-state index contributed by atoms with van der Waals surface area (Å²) in [5.41, 5.74) is 2.88. The monoisotopic (exact) mass is 457 g/mol. The quantitative estimate of drug-likeness (QED) is 0.679. The lowest BCUT2D eigenvalue weighted by Gasteiger charge is -2.27. The predicted octanol–water partition coefficient (Wildman–Crippen LogP) is 2.00. The Labute approximate surface area is 195 Å². The molecule has 33 heavy (non-hydrogen) atoms. The van der Waals surface area contributed by atoms with Gasteiger partial charge in [0, 0.05) is 51.1 Å². The van der Waals surface area contributed by atoms with Crippen LogP contribution >= 0.6 is 0 Å². The molecular weight excluding hydrogens is 422 g/mol. The first kappa shape index (κ1) is 24.9. The van der Waals surface area contributed by atoms with E-state index in [0.717, 1.165) is 36.3 Å². The molecule has 1 aromatic heterocycles. The van der Waals surface area contributed by atoms with E-state index in [-0.39, 0.29) is 18.4 Å². The fraction of sp³-hybridized carbons (Fsp3) is 0.542. The number of aromatic nitrogens is 1. The summed E-state index contributed by atoms with van der Waals surface area (Å²) in [5, 5.41) is 4.11. The third kappa shape index (κ3) is 6.19. The number of ether oxygens (including phenoxy) is 1. The van der Waals surface area contributed by atoms with E-state index >= 15 is 0 Å². The van der Waals surface area contributed by atoms with Gasteiger partial charge in [-0.05, 0) is 52.7 Å². The van der Waals surface area contributed by atoms with Gasteiger partial charge in [-0.15, -0.1) is 0 Å². The number of rotatable bonds is 5. The number of carbonyl (C=O) groups excluding carboxylic acids is 2. The van der Waals surface area contributed by atoms with Crippen LogP contribution in [0.25, 0.3) is 0 Å². The van der Waals surface area contributed by atoms with Crippen molar-refractivity contribution in [2.45, 2.75) is 26.4 Å². The van der Waals surface area contributed by atoms with E-state index in [1.54, 1.807) is 9.80 Å². The first-order valence-electron chi connectivity index (χ1n) is 11.3. The molecule has 2 heterocycles. The summed E-state index contributed by atoms with van der Waals surface area (Å²) in [7, 11) is 7.46. The van der Waals surface area contributed by atoms with Crippen LogP contribution in [0.5, 0.6) is 0 Å². The Kier molecular flexibility index (Phi) is 8.60. The van der Waals surface area contributed by atoms with Gasteiger partial charge in [0.15, 0.2) is 5.69 Å². The van der Waals surface area contributed by atoms with Crippen LogP contribution in [0, 0.1) is 6.92 Å². The van der Waals surface area contributed by atoms with Crippen molar-refractivity contribution in [3.8, 4) is 0 Å². The normalized spacial score (nSPS) is 15.9. The standard InChI is InChI=1S/C24H35N5O4/c1-18-20(16-26(2)3)23(25-33-18)24(31)28-14-13-27(4)11-8-12-29(22(30)17-32-5)21-10-7-6-9-19(21)15-28/h6-7,9-10H,8,11-17H2,1-5H3. The Hall–Kier alpha value is -2.75. The van der Waals surface area contributed by atoms with Crippen molar-refractivity contribution in [2.24, 2.45) is 0 Å². The molecule has 0 saturated heterocycles. The first-order chi connectivity index (χ1) is 15.8. The molecule has 9 nitrogen and oxygen atoms in total. The molecule has 0 unspecified atom stereocenters. The maximum Gasteiger partial charge on any atom is 0.276 e. The van der Waals surface area contributed by atoms with Crippen LogP contribution in [0.15, 0.2) is 28.8 Å². The maximum absolute atomic E-state index is 13.7. The lowest BCUT2D eigenvalue weighted by molar-refractivity contribution is -0.122. The Morgan fingerprint density at radius 1 is 1.15 bits per heavy atom. The zero-order chi connectivity index (χ0) is 24.0. The van der Waals surface area contributed by atoms with Crippen LogP contribution in [-0.2, 0) is 22.6 Å². The maximum atomic E-state index is 13.7. The number of amides is 2. The topological polar surface area (TPSA) is 82.4 Å². The molecular formula is C24H35N5O4. The summed E-state index contributed by atoms with van der Waals surface area (Å²) in [4.78, 5) is 34.3. The molecule has 0 spiro atoms. The highest BCUT2D eigenvalue weighted by Gasteiger charge is 2.27. The number of para-hydroxylation sites is 1. The molecule has 1 aliphatic heterocycles. The van der Waals surface area contributed by atoms with E-state index in [1.165, 1.54) is 7.11 Å². The lowest BCUT2D eigenvalue weighted by atomic mass is 10.1. The van der Waals surface area contributed by atoms with Crippen LogP contribution in [0.3, 0.4) is 0 Å². The minimum absolute atomic E-state index is 0.0128. The van der Waals surface area contributed by atoms with Gasteiger partial charge >= 0.3 is 0 Å². The van der Waals surface area contributed by atoms with Crippen molar-refractivity contribution in [1.29, 1.82) is 0 Å². The Balaban J connectivity index is 1.98. The number of likely N-dealkylation sites (N-methyl/N-ethyl adjacent to an activating group) is 1. The highest BCUT2D eigenvalue weighted by Crippen LogP contribution is 2.25. The Morgan fingerprint density at radius 3 is 2.64 bits per heavy atom. The SMILES string of the molecule is COCC(=O)N1CCCN(C)CCN(C(=O)c2noc(C)c2CN(C)C)Cc2ccccc21. The van der Waals surface area contributed by atoms with E-state index in [0.29, 0.717) is 37.6 Å². The highest BCUT2D eigenvalue weighted by atomic mass is 16.5. The number of fused-ring (bicyclic) bond motifs is 1. The zero-order valence-electron chi connectivity index (χ0n) is 20.3. The number of nitrogens with zero attached hydrogens (tertiary/aromatic N) is 5. The molecule has 0 saturated carbocycles. The fourth-order valence-electron chi connectivity index (χ4n) is 4.06. The summed E-state index contributed by atoms with van der Waals surface area (Å²) in [6, 6.07) is 7.76. The van der Waals surface area contributed by atoms with E-state index < -0.39 is 0 Å². The van der Waals surface area contributed by atoms with E-state index in [2.05, 4.69) is 10.1 Å². The van der Waals surface area contributed by atoms with Gasteiger partial charge in [0.25, 0.3) is 11.8 Å². The van der Waals surface area contributed by atoms with Gasteiger partial charge < -0.3 is 28.9 Å². The number of methoxy groups -OCH3 is 1. The summed E-state index contributed by atoms with van der Waals surface area (Å²) < 4.78 is 10.5. The number of hydrogen-bond donors (Lipinski definition) is 0. The molecule has 0 fully saturated rings. The lowest BCUT2D eigenvalue weighted by Crippen LogP contribution is -2.38. The number of carbonyl (C=O) groups is 2. The Bertz CT molecular complexity index is 958. The third-order valence-corrected chi connectivity index (χ3v) is 5.83. The largest absolute Gasteiger partial charge is 0.375 e. The van der Waals surface area contributed by atoms with Crippen LogP contribution < -0.4 is 4.90 Å². The van der Waals surface area contributed by atoms with E-state index in [1.807, 2.05) is 57.2 Å². The van der Waals surface area contributed by atoms with E-state index in [4.69, 9.17) is 9.26 Å². The first-order valence-corrected chi connectivity index (χ1v) is 11.3. The molecule has 0 bridgehead atoms. The molecule has 1 aliphatic rings. The van der Waals surface area contributed by atoms with Gasteiger partial charge in [-0.25, -0.2) is 0 Å². The van der Waals surface area contributed by atoms with Gasteiger partial charge in [0.05, 0.1) is 0 Å². The van der Waals surface area contributed by atoms with Crippen molar-refractivity contribution in [3.05, 3.63) is 46.8 Å². The van der Waals surface area contributed by atoms with Crippen LogP contribution in [-0.4, -0.2) is 92.7 Å².